The number of urea groups is 1. The van der Waals surface area contributed by atoms with Crippen LogP contribution in [0.25, 0.3) is 0 Å². The van der Waals surface area contributed by atoms with E-state index in [9.17, 15) is 9.18 Å². The minimum atomic E-state index is -0.282. The van der Waals surface area contributed by atoms with Gasteiger partial charge in [0.15, 0.2) is 0 Å². The third-order valence-electron chi connectivity index (χ3n) is 4.15. The molecule has 3 rings (SSSR count). The number of aryl methyl sites for hydroxylation is 1. The first-order chi connectivity index (χ1) is 12.1. The summed E-state index contributed by atoms with van der Waals surface area (Å²) in [5.41, 5.74) is 1.71. The van der Waals surface area contributed by atoms with Gasteiger partial charge in [0.2, 0.25) is 5.88 Å². The van der Waals surface area contributed by atoms with E-state index < -0.39 is 0 Å². The highest BCUT2D eigenvalue weighted by atomic mass is 19.1. The third kappa shape index (κ3) is 4.89. The van der Waals surface area contributed by atoms with Crippen LogP contribution in [0.15, 0.2) is 36.4 Å². The number of rotatable bonds is 4. The second-order valence-corrected chi connectivity index (χ2v) is 6.10. The molecule has 1 aliphatic heterocycles. The van der Waals surface area contributed by atoms with E-state index >= 15 is 0 Å². The number of hydrogen-bond acceptors (Lipinski definition) is 4. The van der Waals surface area contributed by atoms with Gasteiger partial charge in [-0.15, -0.1) is 5.10 Å². The van der Waals surface area contributed by atoms with Crippen LogP contribution < -0.4 is 10.1 Å². The topological polar surface area (TPSA) is 67.3 Å². The van der Waals surface area contributed by atoms with Crippen molar-refractivity contribution in [2.24, 2.45) is 0 Å². The summed E-state index contributed by atoms with van der Waals surface area (Å²) in [4.78, 5) is 14.0. The molecule has 0 unspecified atom stereocenters. The van der Waals surface area contributed by atoms with Crippen LogP contribution >= 0.6 is 0 Å². The second kappa shape index (κ2) is 7.92. The zero-order valence-corrected chi connectivity index (χ0v) is 14.1. The molecule has 0 atom stereocenters. The van der Waals surface area contributed by atoms with Crippen molar-refractivity contribution in [3.63, 3.8) is 0 Å². The van der Waals surface area contributed by atoms with E-state index in [2.05, 4.69) is 15.5 Å². The van der Waals surface area contributed by atoms with Gasteiger partial charge in [0.1, 0.15) is 11.9 Å². The Morgan fingerprint density at radius 2 is 1.92 bits per heavy atom. The molecule has 0 aliphatic carbocycles. The number of carbonyl (C=O) groups is 1. The van der Waals surface area contributed by atoms with Gasteiger partial charge in [-0.2, -0.15) is 5.10 Å². The van der Waals surface area contributed by atoms with Crippen molar-refractivity contribution >= 4 is 6.03 Å². The molecule has 25 heavy (non-hydrogen) atoms. The van der Waals surface area contributed by atoms with Crippen LogP contribution in [-0.2, 0) is 6.54 Å². The minimum Gasteiger partial charge on any atom is -0.473 e. The third-order valence-corrected chi connectivity index (χ3v) is 4.15. The Balaban J connectivity index is 1.42. The molecule has 7 heteroatoms. The molecule has 2 heterocycles. The van der Waals surface area contributed by atoms with Crippen LogP contribution in [0.5, 0.6) is 5.88 Å². The molecule has 2 aromatic rings. The van der Waals surface area contributed by atoms with Gasteiger partial charge in [0, 0.05) is 38.5 Å². The van der Waals surface area contributed by atoms with E-state index in [4.69, 9.17) is 4.74 Å². The molecule has 0 radical (unpaired) electrons. The SMILES string of the molecule is Cc1ccc(OC2CCN(C(=O)NCc3ccc(F)cc3)CC2)nn1. The number of hydrogen-bond donors (Lipinski definition) is 1. The summed E-state index contributed by atoms with van der Waals surface area (Å²) in [5, 5.41) is 10.8. The van der Waals surface area contributed by atoms with Gasteiger partial charge in [0.05, 0.1) is 5.69 Å². The number of amides is 2. The number of nitrogens with one attached hydrogen (secondary N) is 1. The molecule has 1 aliphatic rings. The molecule has 0 spiro atoms. The van der Waals surface area contributed by atoms with Gasteiger partial charge < -0.3 is 15.0 Å². The van der Waals surface area contributed by atoms with E-state index in [1.807, 2.05) is 19.1 Å². The number of nitrogens with zero attached hydrogens (tertiary/aromatic N) is 3. The van der Waals surface area contributed by atoms with Crippen molar-refractivity contribution in [2.75, 3.05) is 13.1 Å². The highest BCUT2D eigenvalue weighted by Crippen LogP contribution is 2.17. The van der Waals surface area contributed by atoms with Crippen molar-refractivity contribution in [3.05, 3.63) is 53.5 Å². The zero-order chi connectivity index (χ0) is 17.6. The summed E-state index contributed by atoms with van der Waals surface area (Å²) < 4.78 is 18.7. The fourth-order valence-corrected chi connectivity index (χ4v) is 2.69. The van der Waals surface area contributed by atoms with Crippen LogP contribution in [-0.4, -0.2) is 40.3 Å². The van der Waals surface area contributed by atoms with E-state index in [-0.39, 0.29) is 18.0 Å². The van der Waals surface area contributed by atoms with Gasteiger partial charge in [-0.1, -0.05) is 12.1 Å². The maximum absolute atomic E-state index is 12.9. The number of likely N-dealkylation sites (tertiary alicyclic amines) is 1. The quantitative estimate of drug-likeness (QED) is 0.926. The molecule has 1 fully saturated rings. The summed E-state index contributed by atoms with van der Waals surface area (Å²) >= 11 is 0. The molecule has 2 amide bonds. The standard InChI is InChI=1S/C18H21FN4O2/c1-13-2-7-17(22-21-13)25-16-8-10-23(11-9-16)18(24)20-12-14-3-5-15(19)6-4-14/h2-7,16H,8-12H2,1H3,(H,20,24). The van der Waals surface area contributed by atoms with Gasteiger partial charge in [0.25, 0.3) is 0 Å². The van der Waals surface area contributed by atoms with Gasteiger partial charge in [-0.05, 0) is 30.7 Å². The summed E-state index contributed by atoms with van der Waals surface area (Å²) in [6.07, 6.45) is 1.54. The molecule has 6 nitrogen and oxygen atoms in total. The lowest BCUT2D eigenvalue weighted by molar-refractivity contribution is 0.106. The van der Waals surface area contributed by atoms with E-state index in [0.29, 0.717) is 25.5 Å². The molecule has 1 N–H and O–H groups in total. The number of benzene rings is 1. The first-order valence-electron chi connectivity index (χ1n) is 8.34. The smallest absolute Gasteiger partial charge is 0.317 e. The number of carbonyl (C=O) groups excluding carboxylic acids is 1. The highest BCUT2D eigenvalue weighted by molar-refractivity contribution is 5.74. The first-order valence-corrected chi connectivity index (χ1v) is 8.34. The van der Waals surface area contributed by atoms with E-state index in [0.717, 1.165) is 24.1 Å². The predicted octanol–water partition coefficient (Wildman–Crippen LogP) is 2.68. The number of ether oxygens (including phenoxy) is 1. The Morgan fingerprint density at radius 1 is 1.20 bits per heavy atom. The van der Waals surface area contributed by atoms with Crippen LogP contribution in [0.2, 0.25) is 0 Å². The molecule has 1 saturated heterocycles. The summed E-state index contributed by atoms with van der Waals surface area (Å²) in [5.74, 6) is 0.236. The van der Waals surface area contributed by atoms with Crippen LogP contribution in [0.3, 0.4) is 0 Å². The van der Waals surface area contributed by atoms with Crippen molar-refractivity contribution < 1.29 is 13.9 Å². The Hall–Kier alpha value is -2.70. The van der Waals surface area contributed by atoms with Crippen LogP contribution in [0, 0.1) is 12.7 Å². The lowest BCUT2D eigenvalue weighted by Gasteiger charge is -2.31. The average molecular weight is 344 g/mol. The Kier molecular flexibility index (Phi) is 5.42. The largest absolute Gasteiger partial charge is 0.473 e. The van der Waals surface area contributed by atoms with Crippen LogP contribution in [0.1, 0.15) is 24.1 Å². The van der Waals surface area contributed by atoms with E-state index in [1.54, 1.807) is 17.0 Å². The molecule has 0 saturated carbocycles. The van der Waals surface area contributed by atoms with Crippen molar-refractivity contribution in [3.8, 4) is 5.88 Å². The fourth-order valence-electron chi connectivity index (χ4n) is 2.69. The molecule has 132 valence electrons. The van der Waals surface area contributed by atoms with Crippen molar-refractivity contribution in [2.45, 2.75) is 32.4 Å². The average Bonchev–Trinajstić information content (AvgIpc) is 2.63. The summed E-state index contributed by atoms with van der Waals surface area (Å²) in [6.45, 7) is 3.51. The Bertz CT molecular complexity index is 698. The monoisotopic (exact) mass is 344 g/mol. The zero-order valence-electron chi connectivity index (χ0n) is 14.1. The van der Waals surface area contributed by atoms with Gasteiger partial charge in [-0.3, -0.25) is 0 Å². The first kappa shape index (κ1) is 17.1. The van der Waals surface area contributed by atoms with Crippen LogP contribution in [0.4, 0.5) is 9.18 Å². The summed E-state index contributed by atoms with van der Waals surface area (Å²) in [7, 11) is 0. The maximum Gasteiger partial charge on any atom is 0.317 e. The minimum absolute atomic E-state index is 0.0400. The molecule has 0 bridgehead atoms. The highest BCUT2D eigenvalue weighted by Gasteiger charge is 2.24. The lowest BCUT2D eigenvalue weighted by Crippen LogP contribution is -2.46. The molecule has 1 aromatic heterocycles. The summed E-state index contributed by atoms with van der Waals surface area (Å²) in [6, 6.07) is 9.66. The molecular weight excluding hydrogens is 323 g/mol. The van der Waals surface area contributed by atoms with Crippen molar-refractivity contribution in [1.29, 1.82) is 0 Å². The van der Waals surface area contributed by atoms with Crippen molar-refractivity contribution in [1.82, 2.24) is 20.4 Å². The van der Waals surface area contributed by atoms with Gasteiger partial charge >= 0.3 is 6.03 Å². The second-order valence-electron chi connectivity index (χ2n) is 6.10. The normalized spacial score (nSPS) is 15.0. The maximum atomic E-state index is 12.9. The van der Waals surface area contributed by atoms with E-state index in [1.165, 1.54) is 12.1 Å². The fraction of sp³-hybridized carbons (Fsp3) is 0.389. The number of halogens is 1. The molecule has 1 aromatic carbocycles. The Labute approximate surface area is 146 Å². The molecular formula is C18H21FN4O2. The Morgan fingerprint density at radius 3 is 2.56 bits per heavy atom. The lowest BCUT2D eigenvalue weighted by atomic mass is 10.1. The number of piperidine rings is 1. The predicted molar refractivity (Wildman–Crippen MR) is 90.6 cm³/mol. The number of aromatic nitrogens is 2. The van der Waals surface area contributed by atoms with Gasteiger partial charge in [-0.25, -0.2) is 9.18 Å².